The largest absolute Gasteiger partial charge is 0.494 e. The fourth-order valence-corrected chi connectivity index (χ4v) is 7.06. The summed E-state index contributed by atoms with van der Waals surface area (Å²) >= 11 is 0. The van der Waals surface area contributed by atoms with Crippen LogP contribution in [-0.4, -0.2) is 111 Å². The van der Waals surface area contributed by atoms with Crippen molar-refractivity contribution in [2.24, 2.45) is 0 Å². The average molecular weight is 803 g/mol. The Kier molecular flexibility index (Phi) is 11.9. The van der Waals surface area contributed by atoms with Crippen LogP contribution in [0.4, 0.5) is 29.0 Å². The van der Waals surface area contributed by atoms with E-state index in [0.29, 0.717) is 23.9 Å². The minimum Gasteiger partial charge on any atom is -0.494 e. The highest BCUT2D eigenvalue weighted by atomic mass is 16.5. The van der Waals surface area contributed by atoms with E-state index in [2.05, 4.69) is 52.6 Å². The van der Waals surface area contributed by atoms with Crippen LogP contribution in [0.2, 0.25) is 0 Å². The molecule has 4 aromatic rings. The molecule has 3 aliphatic heterocycles. The lowest BCUT2D eigenvalue weighted by molar-refractivity contribution is -0.136. The first-order valence-corrected chi connectivity index (χ1v) is 19.4. The summed E-state index contributed by atoms with van der Waals surface area (Å²) in [5.74, 6) is -1.17. The number of nitrogens with one attached hydrogen (secondary N) is 4. The van der Waals surface area contributed by atoms with Crippen molar-refractivity contribution in [2.75, 3.05) is 61.4 Å². The Morgan fingerprint density at radius 2 is 1.75 bits per heavy atom. The first-order chi connectivity index (χ1) is 28.4. The van der Waals surface area contributed by atoms with Gasteiger partial charge in [-0.1, -0.05) is 12.1 Å². The van der Waals surface area contributed by atoms with Gasteiger partial charge in [-0.25, -0.2) is 9.97 Å². The zero-order valence-electron chi connectivity index (χ0n) is 32.9. The quantitative estimate of drug-likeness (QED) is 0.0662. The van der Waals surface area contributed by atoms with Crippen molar-refractivity contribution in [3.05, 3.63) is 102 Å². The smallest absolute Gasteiger partial charge is 0.262 e. The molecule has 2 aromatic heterocycles. The molecule has 1 unspecified atom stereocenters. The monoisotopic (exact) mass is 802 g/mol. The zero-order chi connectivity index (χ0) is 41.7. The van der Waals surface area contributed by atoms with Crippen LogP contribution in [0.1, 0.15) is 69.9 Å². The standard InChI is InChI=1S/C42H46N10O7/c1-4-17-43-37(54)31-25-44-41(49-36(31)47-34-8-5-7-33(46-34)42(2,3)58)45-26-9-11-27(12-10-26)51-21-19-50(20-22-51)18-6-23-59-28-13-14-29-30(24-28)40(57)52(39(29)56)32-15-16-35(53)48-38(32)55/h4-5,7-14,24-25,32,58H,1,6,15-23H2,2-3H3,(H,43,54)(H,48,53,55)(H2,44,45,46,47,49). The number of carbonyl (C=O) groups is 5. The summed E-state index contributed by atoms with van der Waals surface area (Å²) in [4.78, 5) is 82.1. The number of fused-ring (bicyclic) bond motifs is 1. The van der Waals surface area contributed by atoms with E-state index in [1.807, 2.05) is 24.3 Å². The van der Waals surface area contributed by atoms with Crippen LogP contribution in [0.15, 0.2) is 79.5 Å². The third-order valence-corrected chi connectivity index (χ3v) is 10.2. The highest BCUT2D eigenvalue weighted by Gasteiger charge is 2.44. The number of benzene rings is 2. The number of rotatable bonds is 15. The van der Waals surface area contributed by atoms with Gasteiger partial charge in [0.25, 0.3) is 17.7 Å². The zero-order valence-corrected chi connectivity index (χ0v) is 32.9. The molecule has 0 saturated carbocycles. The second kappa shape index (κ2) is 17.4. The van der Waals surface area contributed by atoms with Gasteiger partial charge in [0, 0.05) is 63.3 Å². The molecule has 1 atom stereocenters. The molecule has 2 fully saturated rings. The number of hydrogen-bond acceptors (Lipinski definition) is 14. The lowest BCUT2D eigenvalue weighted by Gasteiger charge is -2.36. The lowest BCUT2D eigenvalue weighted by atomic mass is 10.0. The number of nitrogens with zero attached hydrogens (tertiary/aromatic N) is 6. The normalized spacial score (nSPS) is 17.0. The van der Waals surface area contributed by atoms with E-state index in [1.165, 1.54) is 6.20 Å². The molecular formula is C42H46N10O7. The van der Waals surface area contributed by atoms with Crippen LogP contribution in [-0.2, 0) is 15.2 Å². The van der Waals surface area contributed by atoms with Crippen LogP contribution in [0.25, 0.3) is 0 Å². The number of ether oxygens (including phenoxy) is 1. The first-order valence-electron chi connectivity index (χ1n) is 19.4. The molecule has 0 radical (unpaired) electrons. The summed E-state index contributed by atoms with van der Waals surface area (Å²) in [6.45, 7) is 11.9. The van der Waals surface area contributed by atoms with Crippen molar-refractivity contribution in [1.29, 1.82) is 0 Å². The van der Waals surface area contributed by atoms with Crippen molar-refractivity contribution in [2.45, 2.75) is 44.8 Å². The summed E-state index contributed by atoms with van der Waals surface area (Å²) in [6.07, 6.45) is 3.95. The van der Waals surface area contributed by atoms with E-state index in [9.17, 15) is 29.1 Å². The maximum Gasteiger partial charge on any atom is 0.262 e. The molecular weight excluding hydrogens is 757 g/mol. The molecule has 17 nitrogen and oxygen atoms in total. The van der Waals surface area contributed by atoms with E-state index in [-0.39, 0.29) is 53.8 Å². The van der Waals surface area contributed by atoms with Crippen molar-refractivity contribution >= 4 is 58.5 Å². The fraction of sp³-hybridized carbons (Fsp3) is 0.333. The number of piperidine rings is 1. The lowest BCUT2D eigenvalue weighted by Crippen LogP contribution is -2.54. The van der Waals surface area contributed by atoms with Crippen molar-refractivity contribution in [1.82, 2.24) is 35.4 Å². The predicted molar refractivity (Wildman–Crippen MR) is 219 cm³/mol. The third-order valence-electron chi connectivity index (χ3n) is 10.2. The Labute approximate surface area is 340 Å². The van der Waals surface area contributed by atoms with Crippen molar-refractivity contribution in [3.8, 4) is 5.75 Å². The van der Waals surface area contributed by atoms with Crippen molar-refractivity contribution in [3.63, 3.8) is 0 Å². The van der Waals surface area contributed by atoms with Gasteiger partial charge in [-0.3, -0.25) is 39.1 Å². The van der Waals surface area contributed by atoms with Crippen LogP contribution in [0.5, 0.6) is 5.75 Å². The third kappa shape index (κ3) is 9.37. The van der Waals surface area contributed by atoms with Crippen LogP contribution in [0.3, 0.4) is 0 Å². The summed E-state index contributed by atoms with van der Waals surface area (Å²) in [5.41, 5.74) is 1.75. The highest BCUT2D eigenvalue weighted by Crippen LogP contribution is 2.31. The molecule has 0 bridgehead atoms. The van der Waals surface area contributed by atoms with E-state index >= 15 is 0 Å². The number of amides is 5. The predicted octanol–water partition coefficient (Wildman–Crippen LogP) is 3.49. The molecule has 17 heteroatoms. The number of pyridine rings is 1. The molecule has 0 aliphatic carbocycles. The maximum atomic E-state index is 13.1. The highest BCUT2D eigenvalue weighted by molar-refractivity contribution is 6.23. The Bertz CT molecular complexity index is 2270. The molecule has 306 valence electrons. The maximum absolute atomic E-state index is 13.1. The Morgan fingerprint density at radius 3 is 2.47 bits per heavy atom. The minimum atomic E-state index is -1.16. The van der Waals surface area contributed by atoms with Crippen LogP contribution >= 0.6 is 0 Å². The molecule has 5 amide bonds. The molecule has 7 rings (SSSR count). The van der Waals surface area contributed by atoms with Gasteiger partial charge in [-0.15, -0.1) is 6.58 Å². The SMILES string of the molecule is C=CCNC(=O)c1cnc(Nc2ccc(N3CCN(CCCOc4ccc5c(c4)C(=O)N(C4CCC(=O)NC4=O)C5=O)CC3)cc2)nc1Nc1cccc(C(C)(C)O)n1. The van der Waals surface area contributed by atoms with Gasteiger partial charge in [0.1, 0.15) is 34.6 Å². The molecule has 59 heavy (non-hydrogen) atoms. The molecule has 5 N–H and O–H groups in total. The second-order valence-electron chi connectivity index (χ2n) is 14.9. The topological polar surface area (TPSA) is 211 Å². The van der Waals surface area contributed by atoms with Crippen LogP contribution < -0.4 is 30.9 Å². The van der Waals surface area contributed by atoms with Crippen LogP contribution in [0, 0.1) is 0 Å². The number of aliphatic hydroxyl groups is 1. The van der Waals surface area contributed by atoms with Gasteiger partial charge in [-0.05, 0) is 81.3 Å². The van der Waals surface area contributed by atoms with E-state index in [0.717, 1.165) is 55.4 Å². The van der Waals surface area contributed by atoms with Gasteiger partial charge in [-0.2, -0.15) is 4.98 Å². The number of imide groups is 2. The summed E-state index contributed by atoms with van der Waals surface area (Å²) in [7, 11) is 0. The van der Waals surface area contributed by atoms with E-state index in [1.54, 1.807) is 56.3 Å². The Hall–Kier alpha value is -6.72. The average Bonchev–Trinajstić information content (AvgIpc) is 3.46. The molecule has 2 saturated heterocycles. The van der Waals surface area contributed by atoms with E-state index in [4.69, 9.17) is 4.74 Å². The summed E-state index contributed by atoms with van der Waals surface area (Å²) < 4.78 is 5.95. The second-order valence-corrected chi connectivity index (χ2v) is 14.9. The Morgan fingerprint density at radius 1 is 0.983 bits per heavy atom. The van der Waals surface area contributed by atoms with Gasteiger partial charge in [0.15, 0.2) is 0 Å². The van der Waals surface area contributed by atoms with Crippen molar-refractivity contribution < 1.29 is 33.8 Å². The minimum absolute atomic E-state index is 0.0646. The number of aromatic nitrogens is 3. The molecule has 2 aromatic carbocycles. The molecule has 5 heterocycles. The fourth-order valence-electron chi connectivity index (χ4n) is 7.06. The van der Waals surface area contributed by atoms with Gasteiger partial charge in [0.2, 0.25) is 17.8 Å². The number of carbonyl (C=O) groups excluding carboxylic acids is 5. The number of hydrogen-bond donors (Lipinski definition) is 5. The number of anilines is 5. The van der Waals surface area contributed by atoms with Gasteiger partial charge < -0.3 is 30.7 Å². The first kappa shape index (κ1) is 40.5. The molecule has 3 aliphatic rings. The number of piperazine rings is 1. The van der Waals surface area contributed by atoms with Gasteiger partial charge >= 0.3 is 0 Å². The van der Waals surface area contributed by atoms with Gasteiger partial charge in [0.05, 0.1) is 23.4 Å². The Balaban J connectivity index is 0.889. The summed E-state index contributed by atoms with van der Waals surface area (Å²) in [5, 5.41) is 21.7. The van der Waals surface area contributed by atoms with E-state index < -0.39 is 35.3 Å². The summed E-state index contributed by atoms with van der Waals surface area (Å²) in [6, 6.07) is 16.9. The molecule has 0 spiro atoms.